The first-order valence-electron chi connectivity index (χ1n) is 12.7. The van der Waals surface area contributed by atoms with Gasteiger partial charge in [0, 0.05) is 48.3 Å². The zero-order chi connectivity index (χ0) is 24.7. The van der Waals surface area contributed by atoms with Crippen molar-refractivity contribution in [2.75, 3.05) is 7.05 Å². The summed E-state index contributed by atoms with van der Waals surface area (Å²) in [5.41, 5.74) is 3.30. The molecule has 0 radical (unpaired) electrons. The Balaban J connectivity index is 1.36. The number of nitrogens with zero attached hydrogens (tertiary/aromatic N) is 3. The van der Waals surface area contributed by atoms with E-state index in [1.807, 2.05) is 61.5 Å². The van der Waals surface area contributed by atoms with Gasteiger partial charge in [0.1, 0.15) is 5.01 Å². The normalized spacial score (nSPS) is 28.6. The Labute approximate surface area is 212 Å². The average Bonchev–Trinajstić information content (AvgIpc) is 3.28. The maximum Gasteiger partial charge on any atom is 0.225 e. The number of hydrogen-bond donors (Lipinski definition) is 1. The van der Waals surface area contributed by atoms with Crippen LogP contribution in [0.25, 0.3) is 10.6 Å². The van der Waals surface area contributed by atoms with Crippen molar-refractivity contribution in [1.29, 1.82) is 0 Å². The van der Waals surface area contributed by atoms with Crippen LogP contribution in [-0.4, -0.2) is 39.0 Å². The van der Waals surface area contributed by atoms with Gasteiger partial charge in [0.05, 0.1) is 11.8 Å². The summed E-state index contributed by atoms with van der Waals surface area (Å²) in [5, 5.41) is 12.7. The number of aliphatic hydroxyl groups is 1. The van der Waals surface area contributed by atoms with Crippen LogP contribution in [0.15, 0.2) is 54.9 Å². The maximum absolute atomic E-state index is 13.4. The number of rotatable bonds is 5. The van der Waals surface area contributed by atoms with Crippen LogP contribution in [-0.2, 0) is 17.8 Å². The van der Waals surface area contributed by atoms with Gasteiger partial charge in [-0.2, -0.15) is 0 Å². The molecule has 35 heavy (non-hydrogen) atoms. The van der Waals surface area contributed by atoms with Crippen LogP contribution in [0.5, 0.6) is 0 Å². The van der Waals surface area contributed by atoms with E-state index in [2.05, 4.69) is 24.9 Å². The molecule has 1 fully saturated rings. The van der Waals surface area contributed by atoms with E-state index in [9.17, 15) is 9.90 Å². The zero-order valence-electron chi connectivity index (χ0n) is 21.0. The molecule has 2 heterocycles. The number of aromatic nitrogens is 2. The molecule has 1 unspecified atom stereocenters. The summed E-state index contributed by atoms with van der Waals surface area (Å²) >= 11 is 1.77. The Morgan fingerprint density at radius 3 is 2.74 bits per heavy atom. The number of benzene rings is 1. The fraction of sp³-hybridized carbons (Fsp3) is 0.483. The van der Waals surface area contributed by atoms with Crippen LogP contribution >= 0.6 is 11.3 Å². The van der Waals surface area contributed by atoms with Gasteiger partial charge in [0.15, 0.2) is 0 Å². The number of fused-ring (bicyclic) bond motifs is 2. The Kier molecular flexibility index (Phi) is 6.53. The number of carbonyl (C=O) groups excluding carboxylic acids is 1. The number of hydrogen-bond acceptors (Lipinski definition) is 5. The summed E-state index contributed by atoms with van der Waals surface area (Å²) in [7, 11) is 1.87. The molecular weight excluding hydrogens is 454 g/mol. The third-order valence-corrected chi connectivity index (χ3v) is 9.62. The second kappa shape index (κ2) is 9.47. The molecule has 2 aliphatic rings. The SMILES string of the molecule is C[C@H](C(=O)N(C)Cc1ccccc1)C1CC[C@@]2(C)Cc3sc(-c4cccnc4)nc3[C@@H](C)[C@@H]2[C@H]1O. The molecule has 0 spiro atoms. The van der Waals surface area contributed by atoms with E-state index in [-0.39, 0.29) is 35.0 Å². The van der Waals surface area contributed by atoms with E-state index in [1.165, 1.54) is 4.88 Å². The minimum atomic E-state index is -0.524. The number of amides is 1. The second-order valence-electron chi connectivity index (χ2n) is 10.9. The molecule has 1 N–H and O–H groups in total. The summed E-state index contributed by atoms with van der Waals surface area (Å²) in [4.78, 5) is 25.8. The molecule has 0 saturated heterocycles. The lowest BCUT2D eigenvalue weighted by molar-refractivity contribution is -0.144. The summed E-state index contributed by atoms with van der Waals surface area (Å²) in [6.45, 7) is 7.13. The van der Waals surface area contributed by atoms with Gasteiger partial charge >= 0.3 is 0 Å². The molecule has 3 aromatic rings. The number of thiazole rings is 1. The van der Waals surface area contributed by atoms with Crippen LogP contribution in [0.3, 0.4) is 0 Å². The summed E-state index contributed by atoms with van der Waals surface area (Å²) in [6.07, 6.45) is 5.96. The molecule has 5 rings (SSSR count). The van der Waals surface area contributed by atoms with Gasteiger partial charge in [-0.3, -0.25) is 9.78 Å². The number of pyridine rings is 1. The molecule has 184 valence electrons. The molecule has 0 aliphatic heterocycles. The molecule has 6 atom stereocenters. The lowest BCUT2D eigenvalue weighted by Crippen LogP contribution is -2.53. The van der Waals surface area contributed by atoms with Gasteiger partial charge in [0.2, 0.25) is 5.91 Å². The predicted octanol–water partition coefficient (Wildman–Crippen LogP) is 5.55. The summed E-state index contributed by atoms with van der Waals surface area (Å²) in [5.74, 6) is 0.0792. The van der Waals surface area contributed by atoms with Gasteiger partial charge in [-0.05, 0) is 54.2 Å². The summed E-state index contributed by atoms with van der Waals surface area (Å²) < 4.78 is 0. The van der Waals surface area contributed by atoms with E-state index in [4.69, 9.17) is 4.98 Å². The standard InChI is InChI=1S/C29H35N3O2S/c1-18(28(34)32(4)17-20-9-6-5-7-10-20)22-12-13-29(3)15-23-25(19(2)24(29)26(22)33)31-27(35-23)21-11-8-14-30-16-21/h5-11,14,16,18-19,22,24,26,33H,12-13,15,17H2,1-4H3/t18-,19-,22?,24+,26-,29-/m0/s1. The molecule has 0 bridgehead atoms. The quantitative estimate of drug-likeness (QED) is 0.510. The third kappa shape index (κ3) is 4.43. The fourth-order valence-corrected chi connectivity index (χ4v) is 7.98. The molecular formula is C29H35N3O2S. The highest BCUT2D eigenvalue weighted by Gasteiger charge is 2.54. The molecule has 5 nitrogen and oxygen atoms in total. The highest BCUT2D eigenvalue weighted by Crippen LogP contribution is 2.57. The third-order valence-electron chi connectivity index (χ3n) is 8.50. The van der Waals surface area contributed by atoms with Gasteiger partial charge in [-0.1, -0.05) is 51.1 Å². The van der Waals surface area contributed by atoms with E-state index >= 15 is 0 Å². The van der Waals surface area contributed by atoms with Crippen LogP contribution in [0, 0.1) is 23.2 Å². The van der Waals surface area contributed by atoms with Gasteiger partial charge in [0.25, 0.3) is 0 Å². The van der Waals surface area contributed by atoms with Crippen molar-refractivity contribution in [2.24, 2.45) is 23.2 Å². The second-order valence-corrected chi connectivity index (χ2v) is 12.0. The van der Waals surface area contributed by atoms with Crippen molar-refractivity contribution in [3.63, 3.8) is 0 Å². The first kappa shape index (κ1) is 24.1. The van der Waals surface area contributed by atoms with Gasteiger partial charge < -0.3 is 10.0 Å². The lowest BCUT2D eigenvalue weighted by Gasteiger charge is -2.53. The maximum atomic E-state index is 13.4. The molecule has 1 saturated carbocycles. The highest BCUT2D eigenvalue weighted by atomic mass is 32.1. The van der Waals surface area contributed by atoms with E-state index in [0.717, 1.165) is 41.1 Å². The first-order valence-corrected chi connectivity index (χ1v) is 13.5. The van der Waals surface area contributed by atoms with Crippen LogP contribution < -0.4 is 0 Å². The van der Waals surface area contributed by atoms with Crippen molar-refractivity contribution >= 4 is 17.2 Å². The molecule has 6 heteroatoms. The number of carbonyl (C=O) groups is 1. The molecule has 1 amide bonds. The smallest absolute Gasteiger partial charge is 0.225 e. The fourth-order valence-electron chi connectivity index (χ4n) is 6.63. The average molecular weight is 490 g/mol. The minimum absolute atomic E-state index is 0.0137. The first-order chi connectivity index (χ1) is 16.8. The number of aliphatic hydroxyl groups excluding tert-OH is 1. The van der Waals surface area contributed by atoms with Crippen molar-refractivity contribution in [2.45, 2.75) is 58.6 Å². The highest BCUT2D eigenvalue weighted by molar-refractivity contribution is 7.15. The van der Waals surface area contributed by atoms with Crippen LogP contribution in [0.4, 0.5) is 0 Å². The van der Waals surface area contributed by atoms with Crippen molar-refractivity contribution < 1.29 is 9.90 Å². The van der Waals surface area contributed by atoms with E-state index < -0.39 is 6.10 Å². The van der Waals surface area contributed by atoms with Gasteiger partial charge in [-0.25, -0.2) is 4.98 Å². The lowest BCUT2D eigenvalue weighted by atomic mass is 9.53. The van der Waals surface area contributed by atoms with Crippen molar-refractivity contribution in [1.82, 2.24) is 14.9 Å². The predicted molar refractivity (Wildman–Crippen MR) is 140 cm³/mol. The van der Waals surface area contributed by atoms with E-state index in [0.29, 0.717) is 6.54 Å². The largest absolute Gasteiger partial charge is 0.392 e. The molecule has 2 aliphatic carbocycles. The van der Waals surface area contributed by atoms with Crippen LogP contribution in [0.1, 0.15) is 55.7 Å². The Hall–Kier alpha value is -2.57. The minimum Gasteiger partial charge on any atom is -0.392 e. The summed E-state index contributed by atoms with van der Waals surface area (Å²) in [6, 6.07) is 14.1. The van der Waals surface area contributed by atoms with E-state index in [1.54, 1.807) is 17.5 Å². The van der Waals surface area contributed by atoms with Crippen molar-refractivity contribution in [3.8, 4) is 10.6 Å². The topological polar surface area (TPSA) is 66.3 Å². The Morgan fingerprint density at radius 2 is 2.03 bits per heavy atom. The van der Waals surface area contributed by atoms with Gasteiger partial charge in [-0.15, -0.1) is 11.3 Å². The van der Waals surface area contributed by atoms with Crippen molar-refractivity contribution in [3.05, 3.63) is 71.0 Å². The Morgan fingerprint density at radius 1 is 1.26 bits per heavy atom. The molecule has 1 aromatic carbocycles. The monoisotopic (exact) mass is 489 g/mol. The zero-order valence-corrected chi connectivity index (χ0v) is 21.8. The Bertz CT molecular complexity index is 1180. The molecule has 2 aromatic heterocycles. The van der Waals surface area contributed by atoms with Crippen LogP contribution in [0.2, 0.25) is 0 Å².